The number of benzene rings is 1. The first-order valence-electron chi connectivity index (χ1n) is 6.07. The standard InChI is InChI=1S/C15H16O3/c1-2-15(9-8-13(15)16)10-11-18-14(17)12-6-4-3-5-7-12/h2-7H,1,8-11H2/t15-/m0/s1. The minimum Gasteiger partial charge on any atom is -0.462 e. The Morgan fingerprint density at radius 2 is 2.11 bits per heavy atom. The molecule has 0 aliphatic heterocycles. The van der Waals surface area contributed by atoms with Crippen LogP contribution in [0.5, 0.6) is 0 Å². The van der Waals surface area contributed by atoms with Gasteiger partial charge in [0.05, 0.1) is 17.6 Å². The molecule has 1 saturated carbocycles. The Kier molecular flexibility index (Phi) is 3.60. The summed E-state index contributed by atoms with van der Waals surface area (Å²) in [6.07, 6.45) is 3.65. The number of carbonyl (C=O) groups excluding carboxylic acids is 2. The summed E-state index contributed by atoms with van der Waals surface area (Å²) in [4.78, 5) is 23.2. The van der Waals surface area contributed by atoms with Gasteiger partial charge in [0.25, 0.3) is 0 Å². The van der Waals surface area contributed by atoms with E-state index in [9.17, 15) is 9.59 Å². The van der Waals surface area contributed by atoms with Crippen LogP contribution in [-0.2, 0) is 9.53 Å². The molecule has 1 aliphatic rings. The van der Waals surface area contributed by atoms with Crippen LogP contribution in [0.3, 0.4) is 0 Å². The lowest BCUT2D eigenvalue weighted by Crippen LogP contribution is -2.39. The van der Waals surface area contributed by atoms with Crippen LogP contribution in [0.4, 0.5) is 0 Å². The van der Waals surface area contributed by atoms with Crippen molar-refractivity contribution >= 4 is 11.8 Å². The molecule has 0 aromatic heterocycles. The van der Waals surface area contributed by atoms with Gasteiger partial charge in [0, 0.05) is 6.42 Å². The van der Waals surface area contributed by atoms with E-state index in [2.05, 4.69) is 6.58 Å². The molecule has 0 bridgehead atoms. The third-order valence-electron chi connectivity index (χ3n) is 3.54. The number of ether oxygens (including phenoxy) is 1. The summed E-state index contributed by atoms with van der Waals surface area (Å²) in [5.74, 6) is -0.144. The van der Waals surface area contributed by atoms with Crippen molar-refractivity contribution in [2.24, 2.45) is 5.41 Å². The maximum Gasteiger partial charge on any atom is 0.338 e. The number of allylic oxidation sites excluding steroid dienone is 1. The van der Waals surface area contributed by atoms with Crippen molar-refractivity contribution in [3.05, 3.63) is 48.6 Å². The molecule has 94 valence electrons. The Morgan fingerprint density at radius 3 is 2.61 bits per heavy atom. The third-order valence-corrected chi connectivity index (χ3v) is 3.54. The molecule has 18 heavy (non-hydrogen) atoms. The molecule has 1 aromatic carbocycles. The molecule has 3 heteroatoms. The van der Waals surface area contributed by atoms with Gasteiger partial charge < -0.3 is 4.74 Å². The van der Waals surface area contributed by atoms with Gasteiger partial charge in [0.1, 0.15) is 5.78 Å². The smallest absolute Gasteiger partial charge is 0.338 e. The average Bonchev–Trinajstić information content (AvgIpc) is 2.42. The quantitative estimate of drug-likeness (QED) is 0.591. The predicted molar refractivity (Wildman–Crippen MR) is 68.2 cm³/mol. The van der Waals surface area contributed by atoms with Gasteiger partial charge in [-0.1, -0.05) is 24.3 Å². The fourth-order valence-corrected chi connectivity index (χ4v) is 2.11. The maximum atomic E-state index is 11.7. The molecule has 1 aromatic rings. The van der Waals surface area contributed by atoms with Crippen molar-refractivity contribution in [1.82, 2.24) is 0 Å². The van der Waals surface area contributed by atoms with Crippen LogP contribution in [0.15, 0.2) is 43.0 Å². The monoisotopic (exact) mass is 244 g/mol. The highest BCUT2D eigenvalue weighted by Gasteiger charge is 2.42. The van der Waals surface area contributed by atoms with Gasteiger partial charge in [-0.3, -0.25) is 4.79 Å². The molecule has 0 spiro atoms. The van der Waals surface area contributed by atoms with E-state index in [1.165, 1.54) is 0 Å². The molecule has 0 unspecified atom stereocenters. The topological polar surface area (TPSA) is 43.4 Å². The van der Waals surface area contributed by atoms with Gasteiger partial charge in [-0.25, -0.2) is 4.79 Å². The molecule has 0 amide bonds. The largest absolute Gasteiger partial charge is 0.462 e. The van der Waals surface area contributed by atoms with E-state index >= 15 is 0 Å². The van der Waals surface area contributed by atoms with Crippen molar-refractivity contribution in [3.8, 4) is 0 Å². The van der Waals surface area contributed by atoms with E-state index in [0.717, 1.165) is 6.42 Å². The van der Waals surface area contributed by atoms with Gasteiger partial charge in [-0.05, 0) is 25.0 Å². The zero-order valence-corrected chi connectivity index (χ0v) is 10.2. The lowest BCUT2D eigenvalue weighted by Gasteiger charge is -2.36. The van der Waals surface area contributed by atoms with E-state index in [-0.39, 0.29) is 18.4 Å². The molecule has 1 aliphatic carbocycles. The normalized spacial score (nSPS) is 22.1. The van der Waals surface area contributed by atoms with E-state index < -0.39 is 5.41 Å². The first-order chi connectivity index (χ1) is 8.68. The molecule has 1 fully saturated rings. The van der Waals surface area contributed by atoms with Crippen LogP contribution in [0.1, 0.15) is 29.6 Å². The number of hydrogen-bond acceptors (Lipinski definition) is 3. The zero-order valence-electron chi connectivity index (χ0n) is 10.2. The summed E-state index contributed by atoms with van der Waals surface area (Å²) in [5.41, 5.74) is 0.0850. The lowest BCUT2D eigenvalue weighted by molar-refractivity contribution is -0.135. The van der Waals surface area contributed by atoms with Gasteiger partial charge in [-0.2, -0.15) is 0 Å². The van der Waals surface area contributed by atoms with E-state index in [1.807, 2.05) is 6.07 Å². The van der Waals surface area contributed by atoms with Gasteiger partial charge in [0.15, 0.2) is 0 Å². The number of ketones is 1. The highest BCUT2D eigenvalue weighted by Crippen LogP contribution is 2.41. The second kappa shape index (κ2) is 5.17. The molecule has 0 saturated heterocycles. The summed E-state index contributed by atoms with van der Waals surface area (Å²) < 4.78 is 5.17. The van der Waals surface area contributed by atoms with Crippen molar-refractivity contribution in [2.75, 3.05) is 6.61 Å². The van der Waals surface area contributed by atoms with E-state index in [1.54, 1.807) is 30.3 Å². The third kappa shape index (κ3) is 2.35. The number of esters is 1. The van der Waals surface area contributed by atoms with Gasteiger partial charge in [-0.15, -0.1) is 6.58 Å². The minimum atomic E-state index is -0.447. The first kappa shape index (κ1) is 12.6. The Balaban J connectivity index is 1.84. The van der Waals surface area contributed by atoms with Crippen LogP contribution in [-0.4, -0.2) is 18.4 Å². The molecule has 2 rings (SSSR count). The predicted octanol–water partition coefficient (Wildman–Crippen LogP) is 2.77. The lowest BCUT2D eigenvalue weighted by atomic mass is 9.66. The summed E-state index contributed by atoms with van der Waals surface area (Å²) in [6, 6.07) is 8.84. The van der Waals surface area contributed by atoms with Crippen LogP contribution >= 0.6 is 0 Å². The Morgan fingerprint density at radius 1 is 1.39 bits per heavy atom. The Hall–Kier alpha value is -1.90. The summed E-state index contributed by atoms with van der Waals surface area (Å²) in [6.45, 7) is 3.96. The van der Waals surface area contributed by atoms with Gasteiger partial charge >= 0.3 is 5.97 Å². The highest BCUT2D eigenvalue weighted by molar-refractivity contribution is 5.92. The first-order valence-corrected chi connectivity index (χ1v) is 6.07. The fourth-order valence-electron chi connectivity index (χ4n) is 2.11. The number of carbonyl (C=O) groups is 2. The van der Waals surface area contributed by atoms with Crippen LogP contribution < -0.4 is 0 Å². The van der Waals surface area contributed by atoms with Crippen molar-refractivity contribution < 1.29 is 14.3 Å². The van der Waals surface area contributed by atoms with Gasteiger partial charge in [0.2, 0.25) is 0 Å². The maximum absolute atomic E-state index is 11.7. The van der Waals surface area contributed by atoms with Crippen LogP contribution in [0, 0.1) is 5.41 Å². The zero-order chi connectivity index (χ0) is 13.0. The Labute approximate surface area is 106 Å². The number of rotatable bonds is 5. The van der Waals surface area contributed by atoms with Crippen molar-refractivity contribution in [3.63, 3.8) is 0 Å². The minimum absolute atomic E-state index is 0.202. The molecule has 0 heterocycles. The van der Waals surface area contributed by atoms with Crippen LogP contribution in [0.2, 0.25) is 0 Å². The second-order valence-electron chi connectivity index (χ2n) is 4.54. The summed E-state index contributed by atoms with van der Waals surface area (Å²) in [7, 11) is 0. The van der Waals surface area contributed by atoms with Crippen molar-refractivity contribution in [1.29, 1.82) is 0 Å². The highest BCUT2D eigenvalue weighted by atomic mass is 16.5. The molecule has 3 nitrogen and oxygen atoms in total. The summed E-state index contributed by atoms with van der Waals surface area (Å²) >= 11 is 0. The van der Waals surface area contributed by atoms with Crippen molar-refractivity contribution in [2.45, 2.75) is 19.3 Å². The summed E-state index contributed by atoms with van der Waals surface area (Å²) in [5, 5.41) is 0. The van der Waals surface area contributed by atoms with Crippen LogP contribution in [0.25, 0.3) is 0 Å². The Bertz CT molecular complexity index is 464. The number of Topliss-reactive ketones (excluding diaryl/α,β-unsaturated/α-hetero) is 1. The molecular formula is C15H16O3. The average molecular weight is 244 g/mol. The second-order valence-corrected chi connectivity index (χ2v) is 4.54. The van der Waals surface area contributed by atoms with E-state index in [0.29, 0.717) is 18.4 Å². The molecule has 1 atom stereocenters. The SMILES string of the molecule is C=C[C@@]1(CCOC(=O)c2ccccc2)CCC1=O. The molecular weight excluding hydrogens is 228 g/mol. The fraction of sp³-hybridized carbons (Fsp3) is 0.333. The molecule has 0 radical (unpaired) electrons. The van der Waals surface area contributed by atoms with E-state index in [4.69, 9.17) is 4.74 Å². The number of hydrogen-bond donors (Lipinski definition) is 0. The molecule has 0 N–H and O–H groups in total.